The van der Waals surface area contributed by atoms with Crippen LogP contribution < -0.4 is 0 Å². The maximum Gasteiger partial charge on any atom is 0.225 e. The average Bonchev–Trinajstić information content (AvgIpc) is 2.89. The van der Waals surface area contributed by atoms with Crippen molar-refractivity contribution in [3.8, 4) is 11.4 Å². The predicted molar refractivity (Wildman–Crippen MR) is 81.8 cm³/mol. The fourth-order valence-corrected chi connectivity index (χ4v) is 3.60. The minimum atomic E-state index is 0.437. The van der Waals surface area contributed by atoms with Crippen LogP contribution in [-0.2, 0) is 0 Å². The van der Waals surface area contributed by atoms with Crippen molar-refractivity contribution in [3.05, 3.63) is 35.6 Å². The molecule has 0 amide bonds. The van der Waals surface area contributed by atoms with Crippen molar-refractivity contribution in [1.82, 2.24) is 14.8 Å². The number of aromatic nitrogens is 3. The van der Waals surface area contributed by atoms with Crippen LogP contribution in [0.1, 0.15) is 45.1 Å². The Balaban J connectivity index is 2.02. The van der Waals surface area contributed by atoms with Crippen LogP contribution in [0.4, 0.5) is 0 Å². The molecule has 1 saturated carbocycles. The molecule has 106 valence electrons. The Hall–Kier alpha value is -1.35. The third-order valence-electron chi connectivity index (χ3n) is 4.41. The Labute approximate surface area is 125 Å². The van der Waals surface area contributed by atoms with E-state index >= 15 is 0 Å². The van der Waals surface area contributed by atoms with E-state index < -0.39 is 0 Å². The molecule has 0 saturated heterocycles. The largest absolute Gasteiger partial charge is 0.294 e. The van der Waals surface area contributed by atoms with Gasteiger partial charge in [-0.25, -0.2) is 0 Å². The van der Waals surface area contributed by atoms with Gasteiger partial charge in [0.2, 0.25) is 5.28 Å². The smallest absolute Gasteiger partial charge is 0.225 e. The van der Waals surface area contributed by atoms with Crippen molar-refractivity contribution < 1.29 is 0 Å². The molecule has 1 aromatic heterocycles. The first-order valence-electron chi connectivity index (χ1n) is 7.47. The molecular formula is C16H20ClN3. The molecule has 4 heteroatoms. The molecule has 1 aliphatic carbocycles. The van der Waals surface area contributed by atoms with Gasteiger partial charge < -0.3 is 0 Å². The molecule has 1 heterocycles. The quantitative estimate of drug-likeness (QED) is 0.817. The van der Waals surface area contributed by atoms with Crippen LogP contribution in [0, 0.1) is 5.92 Å². The third kappa shape index (κ3) is 2.47. The summed E-state index contributed by atoms with van der Waals surface area (Å²) in [5.74, 6) is 1.58. The number of benzene rings is 1. The highest BCUT2D eigenvalue weighted by Gasteiger charge is 2.29. The standard InChI is InChI=1S/C16H20ClN3/c1-2-12-8-6-7-11-14(12)20-15(18-19-16(20)17)13-9-4-3-5-10-13/h3-5,9-10,12,14H,2,6-8,11H2,1H3. The summed E-state index contributed by atoms with van der Waals surface area (Å²) in [6.45, 7) is 2.27. The summed E-state index contributed by atoms with van der Waals surface area (Å²) in [7, 11) is 0. The highest BCUT2D eigenvalue weighted by atomic mass is 35.5. The molecule has 3 rings (SSSR count). The third-order valence-corrected chi connectivity index (χ3v) is 4.67. The summed E-state index contributed by atoms with van der Waals surface area (Å²) in [6, 6.07) is 10.6. The minimum absolute atomic E-state index is 0.437. The average molecular weight is 290 g/mol. The van der Waals surface area contributed by atoms with E-state index in [9.17, 15) is 0 Å². The monoisotopic (exact) mass is 289 g/mol. The number of hydrogen-bond acceptors (Lipinski definition) is 2. The second kappa shape index (κ2) is 5.96. The lowest BCUT2D eigenvalue weighted by atomic mass is 9.82. The lowest BCUT2D eigenvalue weighted by molar-refractivity contribution is 0.234. The predicted octanol–water partition coefficient (Wildman–Crippen LogP) is 4.74. The maximum absolute atomic E-state index is 6.34. The van der Waals surface area contributed by atoms with Gasteiger partial charge in [0.1, 0.15) is 0 Å². The summed E-state index contributed by atoms with van der Waals surface area (Å²) < 4.78 is 2.16. The minimum Gasteiger partial charge on any atom is -0.294 e. The first kappa shape index (κ1) is 13.6. The van der Waals surface area contributed by atoms with Crippen LogP contribution in [0.25, 0.3) is 11.4 Å². The zero-order valence-corrected chi connectivity index (χ0v) is 12.6. The van der Waals surface area contributed by atoms with Crippen LogP contribution in [0.5, 0.6) is 0 Å². The molecule has 1 fully saturated rings. The van der Waals surface area contributed by atoms with Gasteiger partial charge in [-0.15, -0.1) is 10.2 Å². The van der Waals surface area contributed by atoms with Gasteiger partial charge in [-0.05, 0) is 30.4 Å². The van der Waals surface area contributed by atoms with Crippen LogP contribution in [0.2, 0.25) is 5.28 Å². The molecule has 0 aliphatic heterocycles. The normalized spacial score (nSPS) is 22.9. The van der Waals surface area contributed by atoms with E-state index in [1.54, 1.807) is 0 Å². The maximum atomic E-state index is 6.34. The Bertz CT molecular complexity index is 564. The van der Waals surface area contributed by atoms with Gasteiger partial charge in [0.25, 0.3) is 0 Å². The molecule has 20 heavy (non-hydrogen) atoms. The van der Waals surface area contributed by atoms with Crippen molar-refractivity contribution in [2.45, 2.75) is 45.1 Å². The van der Waals surface area contributed by atoms with Crippen LogP contribution in [-0.4, -0.2) is 14.8 Å². The van der Waals surface area contributed by atoms with E-state index in [1.807, 2.05) is 18.2 Å². The van der Waals surface area contributed by atoms with Crippen molar-refractivity contribution in [3.63, 3.8) is 0 Å². The summed E-state index contributed by atoms with van der Waals surface area (Å²) in [5.41, 5.74) is 1.09. The van der Waals surface area contributed by atoms with Crippen LogP contribution in [0.3, 0.4) is 0 Å². The van der Waals surface area contributed by atoms with Gasteiger partial charge >= 0.3 is 0 Å². The van der Waals surface area contributed by atoms with E-state index in [1.165, 1.54) is 32.1 Å². The zero-order chi connectivity index (χ0) is 13.9. The molecule has 0 bridgehead atoms. The lowest BCUT2D eigenvalue weighted by Gasteiger charge is -2.32. The second-order valence-electron chi connectivity index (χ2n) is 5.55. The van der Waals surface area contributed by atoms with Crippen LogP contribution >= 0.6 is 11.6 Å². The number of rotatable bonds is 3. The molecule has 0 radical (unpaired) electrons. The van der Waals surface area contributed by atoms with Crippen molar-refractivity contribution in [1.29, 1.82) is 0 Å². The molecule has 0 N–H and O–H groups in total. The Kier molecular flexibility index (Phi) is 4.06. The fourth-order valence-electron chi connectivity index (χ4n) is 3.35. The fraction of sp³-hybridized carbons (Fsp3) is 0.500. The topological polar surface area (TPSA) is 30.7 Å². The molecule has 2 atom stereocenters. The molecule has 3 nitrogen and oxygen atoms in total. The van der Waals surface area contributed by atoms with E-state index in [-0.39, 0.29) is 0 Å². The molecular weight excluding hydrogens is 270 g/mol. The summed E-state index contributed by atoms with van der Waals surface area (Å²) in [6.07, 6.45) is 6.24. The van der Waals surface area contributed by atoms with Crippen LogP contribution in [0.15, 0.2) is 30.3 Å². The highest BCUT2D eigenvalue weighted by Crippen LogP contribution is 2.39. The zero-order valence-electron chi connectivity index (χ0n) is 11.8. The van der Waals surface area contributed by atoms with Gasteiger partial charge in [-0.1, -0.05) is 56.5 Å². The van der Waals surface area contributed by atoms with E-state index in [4.69, 9.17) is 11.6 Å². The second-order valence-corrected chi connectivity index (χ2v) is 5.89. The van der Waals surface area contributed by atoms with Gasteiger partial charge in [0, 0.05) is 11.6 Å². The van der Waals surface area contributed by atoms with Gasteiger partial charge in [-0.3, -0.25) is 4.57 Å². The summed E-state index contributed by atoms with van der Waals surface area (Å²) >= 11 is 6.34. The van der Waals surface area contributed by atoms with E-state index in [2.05, 4.69) is 33.8 Å². The van der Waals surface area contributed by atoms with Crippen molar-refractivity contribution in [2.24, 2.45) is 5.92 Å². The number of hydrogen-bond donors (Lipinski definition) is 0. The summed E-state index contributed by atoms with van der Waals surface area (Å²) in [4.78, 5) is 0. The van der Waals surface area contributed by atoms with Gasteiger partial charge in [0.05, 0.1) is 0 Å². The number of halogens is 1. The van der Waals surface area contributed by atoms with Crippen molar-refractivity contribution in [2.75, 3.05) is 0 Å². The van der Waals surface area contributed by atoms with E-state index in [0.29, 0.717) is 17.2 Å². The Morgan fingerprint density at radius 1 is 1.15 bits per heavy atom. The molecule has 1 aliphatic rings. The SMILES string of the molecule is CCC1CCCCC1n1c(Cl)nnc1-c1ccccc1. The number of nitrogens with zero attached hydrogens (tertiary/aromatic N) is 3. The Morgan fingerprint density at radius 2 is 1.90 bits per heavy atom. The molecule has 2 aromatic rings. The van der Waals surface area contributed by atoms with E-state index in [0.717, 1.165) is 11.4 Å². The molecule has 1 aromatic carbocycles. The summed E-state index contributed by atoms with van der Waals surface area (Å²) in [5, 5.41) is 8.95. The first-order chi connectivity index (χ1) is 9.81. The van der Waals surface area contributed by atoms with Crippen molar-refractivity contribution >= 4 is 11.6 Å². The highest BCUT2D eigenvalue weighted by molar-refractivity contribution is 6.28. The molecule has 0 spiro atoms. The van der Waals surface area contributed by atoms with Gasteiger partial charge in [0.15, 0.2) is 5.82 Å². The molecule has 2 unspecified atom stereocenters. The first-order valence-corrected chi connectivity index (χ1v) is 7.85. The Morgan fingerprint density at radius 3 is 2.65 bits per heavy atom. The lowest BCUT2D eigenvalue weighted by Crippen LogP contribution is -2.23. The van der Waals surface area contributed by atoms with Gasteiger partial charge in [-0.2, -0.15) is 0 Å².